The first-order chi connectivity index (χ1) is 13.7. The minimum atomic E-state index is 0.0913. The summed E-state index contributed by atoms with van der Waals surface area (Å²) in [5, 5.41) is 8.42. The second-order valence-corrected chi connectivity index (χ2v) is 7.12. The number of nitrogens with zero attached hydrogens (tertiary/aromatic N) is 4. The van der Waals surface area contributed by atoms with E-state index in [-0.39, 0.29) is 5.91 Å². The van der Waals surface area contributed by atoms with E-state index in [4.69, 9.17) is 4.74 Å². The number of methoxy groups -OCH3 is 1. The van der Waals surface area contributed by atoms with Crippen LogP contribution in [0.4, 0.5) is 0 Å². The molecule has 0 aliphatic carbocycles. The van der Waals surface area contributed by atoms with Crippen molar-refractivity contribution in [3.63, 3.8) is 0 Å². The first-order valence-corrected chi connectivity index (χ1v) is 9.62. The summed E-state index contributed by atoms with van der Waals surface area (Å²) in [6.45, 7) is 1.55. The molecule has 0 spiro atoms. The number of hydrogen-bond donors (Lipinski definition) is 0. The average Bonchev–Trinajstić information content (AvgIpc) is 3.22. The van der Waals surface area contributed by atoms with Crippen LogP contribution in [0.1, 0.15) is 29.0 Å². The fraction of sp³-hybridized carbons (Fsp3) is 0.318. The van der Waals surface area contributed by atoms with E-state index in [1.165, 1.54) is 0 Å². The lowest BCUT2D eigenvalue weighted by molar-refractivity contribution is 0.0689. The van der Waals surface area contributed by atoms with E-state index in [1.54, 1.807) is 13.4 Å². The van der Waals surface area contributed by atoms with Gasteiger partial charge >= 0.3 is 0 Å². The Labute approximate surface area is 164 Å². The molecule has 0 N–H and O–H groups in total. The summed E-state index contributed by atoms with van der Waals surface area (Å²) in [5.74, 6) is 2.34. The maximum Gasteiger partial charge on any atom is 0.253 e. The van der Waals surface area contributed by atoms with Crippen molar-refractivity contribution in [1.82, 2.24) is 19.7 Å². The Balaban J connectivity index is 1.36. The molecule has 1 aliphatic rings. The summed E-state index contributed by atoms with van der Waals surface area (Å²) >= 11 is 0. The van der Waals surface area contributed by atoms with E-state index in [0.29, 0.717) is 11.5 Å². The molecule has 1 amide bonds. The Morgan fingerprint density at radius 2 is 1.79 bits per heavy atom. The van der Waals surface area contributed by atoms with Crippen molar-refractivity contribution in [2.24, 2.45) is 5.92 Å². The fourth-order valence-electron chi connectivity index (χ4n) is 3.72. The zero-order valence-electron chi connectivity index (χ0n) is 16.0. The Morgan fingerprint density at radius 3 is 2.46 bits per heavy atom. The first-order valence-electron chi connectivity index (χ1n) is 9.62. The number of piperidine rings is 1. The van der Waals surface area contributed by atoms with Gasteiger partial charge in [-0.15, -0.1) is 10.2 Å². The third-order valence-corrected chi connectivity index (χ3v) is 5.36. The van der Waals surface area contributed by atoms with Gasteiger partial charge in [0.25, 0.3) is 5.91 Å². The summed E-state index contributed by atoms with van der Waals surface area (Å²) in [6, 6.07) is 17.5. The van der Waals surface area contributed by atoms with E-state index in [0.717, 1.165) is 49.6 Å². The maximum atomic E-state index is 12.7. The summed E-state index contributed by atoms with van der Waals surface area (Å²) in [6.07, 6.45) is 4.60. The third kappa shape index (κ3) is 3.91. The molecule has 6 heteroatoms. The Kier molecular flexibility index (Phi) is 5.37. The zero-order chi connectivity index (χ0) is 19.3. The smallest absolute Gasteiger partial charge is 0.253 e. The molecule has 0 atom stereocenters. The van der Waals surface area contributed by atoms with Crippen LogP contribution in [-0.2, 0) is 6.42 Å². The van der Waals surface area contributed by atoms with Gasteiger partial charge in [-0.05, 0) is 55.2 Å². The van der Waals surface area contributed by atoms with Crippen LogP contribution in [0.15, 0.2) is 60.9 Å². The summed E-state index contributed by atoms with van der Waals surface area (Å²) < 4.78 is 7.21. The highest BCUT2D eigenvalue weighted by atomic mass is 16.5. The molecule has 3 aromatic rings. The van der Waals surface area contributed by atoms with Crippen LogP contribution in [0.25, 0.3) is 5.69 Å². The fourth-order valence-corrected chi connectivity index (χ4v) is 3.72. The van der Waals surface area contributed by atoms with Crippen LogP contribution in [-0.4, -0.2) is 45.8 Å². The normalized spacial score (nSPS) is 14.8. The molecule has 1 fully saturated rings. The highest BCUT2D eigenvalue weighted by molar-refractivity contribution is 5.94. The number of rotatable bonds is 5. The molecular weight excluding hydrogens is 352 g/mol. The second kappa shape index (κ2) is 8.25. The molecule has 2 aromatic carbocycles. The van der Waals surface area contributed by atoms with E-state index in [2.05, 4.69) is 26.9 Å². The summed E-state index contributed by atoms with van der Waals surface area (Å²) in [7, 11) is 1.63. The number of carbonyl (C=O) groups excluding carboxylic acids is 1. The molecule has 1 aliphatic heterocycles. The predicted octanol–water partition coefficient (Wildman–Crippen LogP) is 3.37. The molecule has 1 aromatic heterocycles. The van der Waals surface area contributed by atoms with Crippen LogP contribution in [0.5, 0.6) is 5.75 Å². The number of hydrogen-bond acceptors (Lipinski definition) is 4. The maximum absolute atomic E-state index is 12.7. The number of likely N-dealkylation sites (tertiary alicyclic amines) is 1. The minimum Gasteiger partial charge on any atom is -0.497 e. The lowest BCUT2D eigenvalue weighted by atomic mass is 9.92. The summed E-state index contributed by atoms with van der Waals surface area (Å²) in [5.41, 5.74) is 1.79. The van der Waals surface area contributed by atoms with Crippen molar-refractivity contribution in [1.29, 1.82) is 0 Å². The largest absolute Gasteiger partial charge is 0.497 e. The molecule has 4 rings (SSSR count). The Bertz CT molecular complexity index is 913. The highest BCUT2D eigenvalue weighted by Crippen LogP contribution is 2.24. The quantitative estimate of drug-likeness (QED) is 0.685. The van der Waals surface area contributed by atoms with Crippen molar-refractivity contribution < 1.29 is 9.53 Å². The number of carbonyl (C=O) groups is 1. The molecule has 0 saturated carbocycles. The van der Waals surface area contributed by atoms with Crippen LogP contribution < -0.4 is 4.74 Å². The van der Waals surface area contributed by atoms with Crippen LogP contribution >= 0.6 is 0 Å². The average molecular weight is 376 g/mol. The minimum absolute atomic E-state index is 0.0913. The molecule has 0 radical (unpaired) electrons. The van der Waals surface area contributed by atoms with Crippen LogP contribution in [0, 0.1) is 5.92 Å². The van der Waals surface area contributed by atoms with Crippen molar-refractivity contribution in [2.45, 2.75) is 19.3 Å². The number of amides is 1. The van der Waals surface area contributed by atoms with Gasteiger partial charge in [0.15, 0.2) is 0 Å². The van der Waals surface area contributed by atoms with Gasteiger partial charge in [-0.25, -0.2) is 0 Å². The van der Waals surface area contributed by atoms with E-state index in [9.17, 15) is 4.79 Å². The molecule has 2 heterocycles. The van der Waals surface area contributed by atoms with E-state index in [1.807, 2.05) is 47.4 Å². The summed E-state index contributed by atoms with van der Waals surface area (Å²) in [4.78, 5) is 14.7. The highest BCUT2D eigenvalue weighted by Gasteiger charge is 2.25. The monoisotopic (exact) mass is 376 g/mol. The van der Waals surface area contributed by atoms with Crippen molar-refractivity contribution >= 4 is 5.91 Å². The van der Waals surface area contributed by atoms with Crippen molar-refractivity contribution in [3.05, 3.63) is 72.3 Å². The number of ether oxygens (including phenoxy) is 1. The van der Waals surface area contributed by atoms with Gasteiger partial charge in [0.2, 0.25) is 0 Å². The number of benzene rings is 2. The topological polar surface area (TPSA) is 60.2 Å². The second-order valence-electron chi connectivity index (χ2n) is 7.12. The van der Waals surface area contributed by atoms with Gasteiger partial charge in [-0.2, -0.15) is 0 Å². The first kappa shape index (κ1) is 18.2. The molecular formula is C22H24N4O2. The Morgan fingerprint density at radius 1 is 1.07 bits per heavy atom. The Hall–Kier alpha value is -3.15. The van der Waals surface area contributed by atoms with Crippen LogP contribution in [0.3, 0.4) is 0 Å². The molecule has 6 nitrogen and oxygen atoms in total. The van der Waals surface area contributed by atoms with Gasteiger partial charge in [-0.1, -0.05) is 18.2 Å². The van der Waals surface area contributed by atoms with Gasteiger partial charge in [0.05, 0.1) is 7.11 Å². The SMILES string of the molecule is COc1ccc(C(=O)N2CCC(Cc3nncn3-c3ccccc3)CC2)cc1. The molecule has 144 valence electrons. The van der Waals surface area contributed by atoms with Gasteiger partial charge < -0.3 is 9.64 Å². The lowest BCUT2D eigenvalue weighted by Gasteiger charge is -2.32. The number of aromatic nitrogens is 3. The van der Waals surface area contributed by atoms with E-state index < -0.39 is 0 Å². The van der Waals surface area contributed by atoms with E-state index >= 15 is 0 Å². The third-order valence-electron chi connectivity index (χ3n) is 5.36. The standard InChI is InChI=1S/C22H24N4O2/c1-28-20-9-7-18(8-10-20)22(27)25-13-11-17(12-14-25)15-21-24-23-16-26(21)19-5-3-2-4-6-19/h2-10,16-17H,11-15H2,1H3. The van der Waals surface area contributed by atoms with Crippen LogP contribution in [0.2, 0.25) is 0 Å². The molecule has 28 heavy (non-hydrogen) atoms. The molecule has 0 unspecified atom stereocenters. The number of para-hydroxylation sites is 1. The van der Waals surface area contributed by atoms with Crippen molar-refractivity contribution in [2.75, 3.05) is 20.2 Å². The van der Waals surface area contributed by atoms with Gasteiger partial charge in [0.1, 0.15) is 17.9 Å². The van der Waals surface area contributed by atoms with Crippen molar-refractivity contribution in [3.8, 4) is 11.4 Å². The molecule has 1 saturated heterocycles. The van der Waals surface area contributed by atoms with Gasteiger partial charge in [0, 0.05) is 30.8 Å². The zero-order valence-corrected chi connectivity index (χ0v) is 16.0. The lowest BCUT2D eigenvalue weighted by Crippen LogP contribution is -2.39. The van der Waals surface area contributed by atoms with Gasteiger partial charge in [-0.3, -0.25) is 9.36 Å². The predicted molar refractivity (Wildman–Crippen MR) is 107 cm³/mol. The molecule has 0 bridgehead atoms.